The third-order valence-corrected chi connectivity index (χ3v) is 4.96. The third-order valence-electron chi connectivity index (χ3n) is 2.97. The molecule has 0 bridgehead atoms. The molecule has 0 aliphatic carbocycles. The van der Waals surface area contributed by atoms with Crippen molar-refractivity contribution in [2.24, 2.45) is 5.84 Å². The minimum Gasteiger partial charge on any atom is -0.271 e. The van der Waals surface area contributed by atoms with Gasteiger partial charge in [-0.25, -0.2) is 4.39 Å². The minimum atomic E-state index is -0.257. The molecule has 2 aromatic carbocycles. The standard InChI is InChI=1S/C14H12Br3FN2/c15-9-1-3-13(17)11(7-9)14(20-19)6-8-5-10(18)2-4-12(8)16/h1-5,7,14,20H,6,19H2. The highest BCUT2D eigenvalue weighted by molar-refractivity contribution is 9.11. The Hall–Kier alpha value is -0.270. The number of hydrogen-bond donors (Lipinski definition) is 2. The number of nitrogens with one attached hydrogen (secondary N) is 1. The largest absolute Gasteiger partial charge is 0.271 e. The van der Waals surface area contributed by atoms with Crippen LogP contribution in [0.15, 0.2) is 49.8 Å². The maximum absolute atomic E-state index is 13.4. The molecule has 0 spiro atoms. The van der Waals surface area contributed by atoms with Crippen LogP contribution >= 0.6 is 47.8 Å². The summed E-state index contributed by atoms with van der Waals surface area (Å²) in [6, 6.07) is 10.4. The van der Waals surface area contributed by atoms with Gasteiger partial charge in [-0.1, -0.05) is 47.8 Å². The van der Waals surface area contributed by atoms with Crippen LogP contribution in [0.25, 0.3) is 0 Å². The lowest BCUT2D eigenvalue weighted by Crippen LogP contribution is -2.30. The molecule has 0 saturated heterocycles. The van der Waals surface area contributed by atoms with Gasteiger partial charge in [-0.15, -0.1) is 0 Å². The van der Waals surface area contributed by atoms with E-state index < -0.39 is 0 Å². The molecular formula is C14H12Br3FN2. The molecular weight excluding hydrogens is 455 g/mol. The molecule has 0 heterocycles. The molecule has 20 heavy (non-hydrogen) atoms. The first-order valence-corrected chi connectivity index (χ1v) is 8.24. The van der Waals surface area contributed by atoms with Gasteiger partial charge in [-0.05, 0) is 53.9 Å². The summed E-state index contributed by atoms with van der Waals surface area (Å²) in [5.74, 6) is 5.41. The zero-order valence-electron chi connectivity index (χ0n) is 10.3. The van der Waals surface area contributed by atoms with Crippen LogP contribution in [0, 0.1) is 5.82 Å². The van der Waals surface area contributed by atoms with Crippen LogP contribution < -0.4 is 11.3 Å². The Kier molecular flexibility index (Phi) is 5.74. The van der Waals surface area contributed by atoms with Gasteiger partial charge in [-0.2, -0.15) is 0 Å². The minimum absolute atomic E-state index is 0.125. The van der Waals surface area contributed by atoms with Crippen molar-refractivity contribution in [1.82, 2.24) is 5.43 Å². The second kappa shape index (κ2) is 7.13. The smallest absolute Gasteiger partial charge is 0.123 e. The van der Waals surface area contributed by atoms with Gasteiger partial charge in [0.25, 0.3) is 0 Å². The van der Waals surface area contributed by atoms with Gasteiger partial charge in [0, 0.05) is 13.4 Å². The predicted octanol–water partition coefficient (Wildman–Crippen LogP) is 4.86. The van der Waals surface area contributed by atoms with Crippen molar-refractivity contribution in [2.75, 3.05) is 0 Å². The zero-order valence-corrected chi connectivity index (χ0v) is 15.1. The lowest BCUT2D eigenvalue weighted by molar-refractivity contribution is 0.545. The Morgan fingerprint density at radius 3 is 2.45 bits per heavy atom. The summed E-state index contributed by atoms with van der Waals surface area (Å²) >= 11 is 10.4. The van der Waals surface area contributed by atoms with Gasteiger partial charge in [0.1, 0.15) is 5.82 Å². The van der Waals surface area contributed by atoms with E-state index in [1.807, 2.05) is 18.2 Å². The third kappa shape index (κ3) is 3.89. The fraction of sp³-hybridized carbons (Fsp3) is 0.143. The summed E-state index contributed by atoms with van der Waals surface area (Å²) < 4.78 is 16.1. The van der Waals surface area contributed by atoms with Crippen molar-refractivity contribution in [1.29, 1.82) is 0 Å². The van der Waals surface area contributed by atoms with Crippen LogP contribution in [0.1, 0.15) is 17.2 Å². The Bertz CT molecular complexity index is 619. The van der Waals surface area contributed by atoms with E-state index in [4.69, 9.17) is 5.84 Å². The molecule has 2 nitrogen and oxygen atoms in total. The molecule has 106 valence electrons. The summed E-state index contributed by atoms with van der Waals surface area (Å²) in [5.41, 5.74) is 4.66. The quantitative estimate of drug-likeness (QED) is 0.499. The average molecular weight is 467 g/mol. The van der Waals surface area contributed by atoms with Gasteiger partial charge in [0.05, 0.1) is 6.04 Å². The Balaban J connectivity index is 2.33. The first kappa shape index (κ1) is 16.1. The van der Waals surface area contributed by atoms with Crippen molar-refractivity contribution in [3.63, 3.8) is 0 Å². The molecule has 2 rings (SSSR count). The van der Waals surface area contributed by atoms with Crippen molar-refractivity contribution >= 4 is 47.8 Å². The lowest BCUT2D eigenvalue weighted by atomic mass is 9.99. The fourth-order valence-corrected chi connectivity index (χ4v) is 3.27. The highest BCUT2D eigenvalue weighted by Gasteiger charge is 2.16. The lowest BCUT2D eigenvalue weighted by Gasteiger charge is -2.19. The summed E-state index contributed by atoms with van der Waals surface area (Å²) in [6.45, 7) is 0. The topological polar surface area (TPSA) is 38.0 Å². The van der Waals surface area contributed by atoms with Gasteiger partial charge < -0.3 is 0 Å². The monoisotopic (exact) mass is 464 g/mol. The van der Waals surface area contributed by atoms with E-state index in [-0.39, 0.29) is 11.9 Å². The number of hydrogen-bond acceptors (Lipinski definition) is 2. The molecule has 2 aromatic rings. The van der Waals surface area contributed by atoms with Gasteiger partial charge in [0.15, 0.2) is 0 Å². The summed E-state index contributed by atoms with van der Waals surface area (Å²) in [4.78, 5) is 0. The number of benzene rings is 2. The molecule has 3 N–H and O–H groups in total. The van der Waals surface area contributed by atoms with E-state index in [9.17, 15) is 4.39 Å². The van der Waals surface area contributed by atoms with Gasteiger partial charge in [-0.3, -0.25) is 11.3 Å². The van der Waals surface area contributed by atoms with Crippen molar-refractivity contribution in [3.8, 4) is 0 Å². The molecule has 0 amide bonds. The molecule has 6 heteroatoms. The van der Waals surface area contributed by atoms with Crippen LogP contribution in [0.4, 0.5) is 4.39 Å². The van der Waals surface area contributed by atoms with E-state index in [0.29, 0.717) is 6.42 Å². The number of rotatable bonds is 4. The highest BCUT2D eigenvalue weighted by Crippen LogP contribution is 2.30. The Labute approximate surface area is 142 Å². The number of nitrogens with two attached hydrogens (primary N) is 1. The van der Waals surface area contributed by atoms with E-state index >= 15 is 0 Å². The molecule has 0 radical (unpaired) electrons. The molecule has 0 aromatic heterocycles. The first-order chi connectivity index (χ1) is 9.51. The molecule has 0 aliphatic heterocycles. The van der Waals surface area contributed by atoms with Crippen molar-refractivity contribution in [2.45, 2.75) is 12.5 Å². The van der Waals surface area contributed by atoms with E-state index in [0.717, 1.165) is 24.5 Å². The average Bonchev–Trinajstić information content (AvgIpc) is 2.42. The second-order valence-electron chi connectivity index (χ2n) is 4.32. The predicted molar refractivity (Wildman–Crippen MR) is 89.7 cm³/mol. The van der Waals surface area contributed by atoms with E-state index in [2.05, 4.69) is 53.2 Å². The van der Waals surface area contributed by atoms with Crippen LogP contribution in [0.3, 0.4) is 0 Å². The van der Waals surface area contributed by atoms with Crippen molar-refractivity contribution in [3.05, 3.63) is 66.8 Å². The first-order valence-electron chi connectivity index (χ1n) is 5.86. The van der Waals surface area contributed by atoms with Crippen LogP contribution in [-0.2, 0) is 6.42 Å². The summed E-state index contributed by atoms with van der Waals surface area (Å²) in [7, 11) is 0. The molecule has 0 fully saturated rings. The Morgan fingerprint density at radius 1 is 1.05 bits per heavy atom. The maximum atomic E-state index is 13.4. The summed E-state index contributed by atoms with van der Waals surface area (Å²) in [6.07, 6.45) is 0.573. The highest BCUT2D eigenvalue weighted by atomic mass is 79.9. The molecule has 0 saturated carbocycles. The molecule has 0 aliphatic rings. The summed E-state index contributed by atoms with van der Waals surface area (Å²) in [5, 5.41) is 0. The van der Waals surface area contributed by atoms with Gasteiger partial charge >= 0.3 is 0 Å². The normalized spacial score (nSPS) is 12.4. The SMILES string of the molecule is NNC(Cc1cc(F)ccc1Br)c1cc(Br)ccc1Br. The number of hydrazine groups is 1. The van der Waals surface area contributed by atoms with Crippen LogP contribution in [0.2, 0.25) is 0 Å². The fourth-order valence-electron chi connectivity index (χ4n) is 1.96. The molecule has 1 unspecified atom stereocenters. The maximum Gasteiger partial charge on any atom is 0.123 e. The zero-order chi connectivity index (χ0) is 14.7. The van der Waals surface area contributed by atoms with E-state index in [1.165, 1.54) is 12.1 Å². The van der Waals surface area contributed by atoms with Crippen LogP contribution in [-0.4, -0.2) is 0 Å². The second-order valence-corrected chi connectivity index (χ2v) is 6.95. The molecule has 1 atom stereocenters. The van der Waals surface area contributed by atoms with E-state index in [1.54, 1.807) is 6.07 Å². The van der Waals surface area contributed by atoms with Crippen LogP contribution in [0.5, 0.6) is 0 Å². The number of halogens is 4. The Morgan fingerprint density at radius 2 is 1.75 bits per heavy atom. The van der Waals surface area contributed by atoms with Crippen molar-refractivity contribution < 1.29 is 4.39 Å². The van der Waals surface area contributed by atoms with Gasteiger partial charge in [0.2, 0.25) is 0 Å².